The zero-order valence-corrected chi connectivity index (χ0v) is 18.1. The average molecular weight is 433 g/mol. The van der Waals surface area contributed by atoms with E-state index in [1.54, 1.807) is 12.4 Å². The minimum atomic E-state index is -0.205. The number of fused-ring (bicyclic) bond motifs is 1. The van der Waals surface area contributed by atoms with Crippen molar-refractivity contribution >= 4 is 0 Å². The van der Waals surface area contributed by atoms with Crippen LogP contribution in [0.3, 0.4) is 0 Å². The van der Waals surface area contributed by atoms with Crippen LogP contribution in [0.25, 0.3) is 11.1 Å². The summed E-state index contributed by atoms with van der Waals surface area (Å²) >= 11 is 0. The molecule has 3 aromatic rings. The van der Waals surface area contributed by atoms with Gasteiger partial charge in [0.2, 0.25) is 0 Å². The van der Waals surface area contributed by atoms with Crippen LogP contribution in [0.2, 0.25) is 0 Å². The van der Waals surface area contributed by atoms with Gasteiger partial charge in [-0.05, 0) is 43.1 Å². The van der Waals surface area contributed by atoms with E-state index in [0.29, 0.717) is 11.6 Å². The van der Waals surface area contributed by atoms with Crippen LogP contribution in [-0.2, 0) is 6.54 Å². The van der Waals surface area contributed by atoms with Gasteiger partial charge in [-0.25, -0.2) is 14.4 Å². The fourth-order valence-corrected chi connectivity index (χ4v) is 5.41. The summed E-state index contributed by atoms with van der Waals surface area (Å²) in [6.07, 6.45) is 7.63. The standard InChI is InChI=1S/C26H29FN4O/c27-23-6-2-1-5-22(23)20-7-9-21(10-8-20)26-24-16-30(15-19-13-28-18-29-14-19)11-3-4-12-31(24)25(26)17-32/h1-2,5-10,13-14,18,24-26,32H,3-4,11-12,15-17H2/t24-,25+,26+/m0/s1. The number of nitrogens with zero attached hydrogens (tertiary/aromatic N) is 4. The Bertz CT molecular complexity index is 1030. The highest BCUT2D eigenvalue weighted by molar-refractivity contribution is 5.64. The van der Waals surface area contributed by atoms with Crippen LogP contribution in [0, 0.1) is 5.82 Å². The Morgan fingerprint density at radius 2 is 1.72 bits per heavy atom. The third kappa shape index (κ3) is 4.18. The predicted molar refractivity (Wildman–Crippen MR) is 122 cm³/mol. The molecule has 0 aliphatic carbocycles. The molecular weight excluding hydrogens is 403 g/mol. The zero-order valence-electron chi connectivity index (χ0n) is 18.1. The molecular formula is C26H29FN4O. The Labute approximate surface area is 188 Å². The molecule has 5 rings (SSSR count). The molecule has 0 saturated carbocycles. The molecule has 0 spiro atoms. The molecule has 5 nitrogen and oxygen atoms in total. The summed E-state index contributed by atoms with van der Waals surface area (Å²) < 4.78 is 14.2. The predicted octanol–water partition coefficient (Wildman–Crippen LogP) is 3.71. The SMILES string of the molecule is OC[C@@H]1[C@H](c2ccc(-c3ccccc3F)cc2)[C@@H]2CN(Cc3cncnc3)CCCCN12. The van der Waals surface area contributed by atoms with E-state index in [4.69, 9.17) is 0 Å². The largest absolute Gasteiger partial charge is 0.395 e. The van der Waals surface area contributed by atoms with Crippen molar-refractivity contribution in [1.29, 1.82) is 0 Å². The molecule has 2 fully saturated rings. The lowest BCUT2D eigenvalue weighted by Gasteiger charge is -2.57. The molecule has 2 saturated heterocycles. The highest BCUT2D eigenvalue weighted by Gasteiger charge is 2.49. The molecule has 6 heteroatoms. The van der Waals surface area contributed by atoms with E-state index < -0.39 is 0 Å². The van der Waals surface area contributed by atoms with Gasteiger partial charge < -0.3 is 5.11 Å². The first-order valence-corrected chi connectivity index (χ1v) is 11.4. The topological polar surface area (TPSA) is 52.5 Å². The summed E-state index contributed by atoms with van der Waals surface area (Å²) in [6, 6.07) is 15.6. The van der Waals surface area contributed by atoms with Crippen molar-refractivity contribution in [3.05, 3.63) is 84.2 Å². The lowest BCUT2D eigenvalue weighted by molar-refractivity contribution is -0.0655. The third-order valence-electron chi connectivity index (χ3n) is 6.95. The van der Waals surface area contributed by atoms with E-state index in [1.807, 2.05) is 36.7 Å². The fourth-order valence-electron chi connectivity index (χ4n) is 5.41. The van der Waals surface area contributed by atoms with Crippen LogP contribution in [-0.4, -0.2) is 63.2 Å². The van der Waals surface area contributed by atoms with E-state index in [2.05, 4.69) is 31.9 Å². The van der Waals surface area contributed by atoms with E-state index in [1.165, 1.54) is 11.6 Å². The first kappa shape index (κ1) is 21.2. The summed E-state index contributed by atoms with van der Waals surface area (Å²) in [6.45, 7) is 4.03. The number of aromatic nitrogens is 2. The van der Waals surface area contributed by atoms with Crippen molar-refractivity contribution in [2.75, 3.05) is 26.2 Å². The number of aliphatic hydroxyl groups excluding tert-OH is 1. The van der Waals surface area contributed by atoms with E-state index in [0.717, 1.165) is 50.1 Å². The van der Waals surface area contributed by atoms with Crippen molar-refractivity contribution in [2.24, 2.45) is 0 Å². The van der Waals surface area contributed by atoms with Crippen LogP contribution in [0.15, 0.2) is 67.3 Å². The molecule has 2 aromatic carbocycles. The summed E-state index contributed by atoms with van der Waals surface area (Å²) in [5.74, 6) is 0.0612. The maximum Gasteiger partial charge on any atom is 0.131 e. The Kier molecular flexibility index (Phi) is 6.26. The summed E-state index contributed by atoms with van der Waals surface area (Å²) in [4.78, 5) is 13.3. The third-order valence-corrected chi connectivity index (χ3v) is 6.95. The van der Waals surface area contributed by atoms with E-state index in [9.17, 15) is 9.50 Å². The zero-order chi connectivity index (χ0) is 21.9. The molecule has 2 aliphatic heterocycles. The highest BCUT2D eigenvalue weighted by atomic mass is 19.1. The van der Waals surface area contributed by atoms with Crippen molar-refractivity contribution < 1.29 is 9.50 Å². The summed E-state index contributed by atoms with van der Waals surface area (Å²) in [7, 11) is 0. The first-order valence-electron chi connectivity index (χ1n) is 11.4. The van der Waals surface area contributed by atoms with E-state index in [-0.39, 0.29) is 24.4 Å². The Balaban J connectivity index is 1.37. The number of hydrogen-bond donors (Lipinski definition) is 1. The summed E-state index contributed by atoms with van der Waals surface area (Å²) in [5.41, 5.74) is 3.85. The van der Waals surface area contributed by atoms with Gasteiger partial charge in [0, 0.05) is 54.6 Å². The van der Waals surface area contributed by atoms with Crippen molar-refractivity contribution in [2.45, 2.75) is 37.4 Å². The van der Waals surface area contributed by atoms with Crippen LogP contribution in [0.1, 0.15) is 29.9 Å². The van der Waals surface area contributed by atoms with Crippen molar-refractivity contribution in [1.82, 2.24) is 19.8 Å². The number of benzene rings is 2. The number of hydrogen-bond acceptors (Lipinski definition) is 5. The quantitative estimate of drug-likeness (QED) is 0.666. The second kappa shape index (κ2) is 9.45. The lowest BCUT2D eigenvalue weighted by Crippen LogP contribution is -2.67. The first-order chi connectivity index (χ1) is 15.7. The average Bonchev–Trinajstić information content (AvgIpc) is 2.81. The molecule has 0 amide bonds. The number of aliphatic hydroxyl groups is 1. The van der Waals surface area contributed by atoms with Gasteiger partial charge in [0.25, 0.3) is 0 Å². The molecule has 166 valence electrons. The van der Waals surface area contributed by atoms with Gasteiger partial charge in [0.05, 0.1) is 6.61 Å². The fraction of sp³-hybridized carbons (Fsp3) is 0.385. The minimum absolute atomic E-state index is 0.138. The maximum atomic E-state index is 14.2. The van der Waals surface area contributed by atoms with Gasteiger partial charge in [0.1, 0.15) is 12.1 Å². The molecule has 3 heterocycles. The van der Waals surface area contributed by atoms with Crippen LogP contribution >= 0.6 is 0 Å². The second-order valence-electron chi connectivity index (χ2n) is 8.87. The molecule has 1 aromatic heterocycles. The minimum Gasteiger partial charge on any atom is -0.395 e. The van der Waals surface area contributed by atoms with Gasteiger partial charge in [-0.3, -0.25) is 9.80 Å². The summed E-state index contributed by atoms with van der Waals surface area (Å²) in [5, 5.41) is 10.2. The van der Waals surface area contributed by atoms with Crippen LogP contribution in [0.4, 0.5) is 4.39 Å². The van der Waals surface area contributed by atoms with Crippen molar-refractivity contribution in [3.8, 4) is 11.1 Å². The van der Waals surface area contributed by atoms with Gasteiger partial charge in [0.15, 0.2) is 0 Å². The van der Waals surface area contributed by atoms with Gasteiger partial charge >= 0.3 is 0 Å². The molecule has 3 atom stereocenters. The molecule has 1 N–H and O–H groups in total. The van der Waals surface area contributed by atoms with Crippen LogP contribution in [0.5, 0.6) is 0 Å². The molecule has 2 aliphatic rings. The highest BCUT2D eigenvalue weighted by Crippen LogP contribution is 2.42. The molecule has 0 unspecified atom stereocenters. The number of halogens is 1. The molecule has 0 radical (unpaired) electrons. The molecule has 32 heavy (non-hydrogen) atoms. The molecule has 0 bridgehead atoms. The lowest BCUT2D eigenvalue weighted by atomic mass is 9.74. The van der Waals surface area contributed by atoms with Gasteiger partial charge in [-0.2, -0.15) is 0 Å². The number of rotatable bonds is 5. The van der Waals surface area contributed by atoms with Crippen LogP contribution < -0.4 is 0 Å². The Morgan fingerprint density at radius 1 is 0.969 bits per heavy atom. The van der Waals surface area contributed by atoms with Gasteiger partial charge in [-0.1, -0.05) is 42.5 Å². The second-order valence-corrected chi connectivity index (χ2v) is 8.87. The smallest absolute Gasteiger partial charge is 0.131 e. The Hall–Kier alpha value is -2.67. The van der Waals surface area contributed by atoms with Gasteiger partial charge in [-0.15, -0.1) is 0 Å². The monoisotopic (exact) mass is 432 g/mol. The normalized spacial score (nSPS) is 24.2. The maximum absolute atomic E-state index is 14.2. The van der Waals surface area contributed by atoms with E-state index >= 15 is 0 Å². The Morgan fingerprint density at radius 3 is 2.47 bits per heavy atom. The van der Waals surface area contributed by atoms with Crippen molar-refractivity contribution in [3.63, 3.8) is 0 Å².